The Hall–Kier alpha value is -3.04. The fraction of sp³-hybridized carbons (Fsp3) is 0.429. The van der Waals surface area contributed by atoms with Crippen molar-refractivity contribution < 1.29 is 19.4 Å². The quantitative estimate of drug-likeness (QED) is 0.416. The molecule has 7 N–H and O–H groups in total. The maximum atomic E-state index is 12.4. The number of methoxy groups -OCH3 is 1. The summed E-state index contributed by atoms with van der Waals surface area (Å²) in [5.74, 6) is 0.612. The van der Waals surface area contributed by atoms with E-state index in [1.807, 2.05) is 0 Å². The summed E-state index contributed by atoms with van der Waals surface area (Å²) < 4.78 is 10.9. The Morgan fingerprint density at radius 3 is 2.87 bits per heavy atom. The second kappa shape index (κ2) is 10.1. The third-order valence-electron chi connectivity index (χ3n) is 4.96. The van der Waals surface area contributed by atoms with Crippen molar-refractivity contribution in [3.05, 3.63) is 30.3 Å². The van der Waals surface area contributed by atoms with Crippen molar-refractivity contribution >= 4 is 11.7 Å². The number of nitrogens with zero attached hydrogens (tertiary/aromatic N) is 1. The van der Waals surface area contributed by atoms with Gasteiger partial charge >= 0.3 is 6.03 Å². The summed E-state index contributed by atoms with van der Waals surface area (Å²) >= 11 is 0. The van der Waals surface area contributed by atoms with E-state index in [4.69, 9.17) is 20.9 Å². The number of benzene rings is 1. The van der Waals surface area contributed by atoms with Crippen LogP contribution in [-0.2, 0) is 0 Å². The lowest BCUT2D eigenvalue weighted by Gasteiger charge is -2.15. The number of nitrogens with two attached hydrogens (primary N) is 2. The molecule has 9 nitrogen and oxygen atoms in total. The lowest BCUT2D eigenvalue weighted by molar-refractivity contribution is 0.248. The number of pyridine rings is 1. The maximum Gasteiger partial charge on any atom is 0.319 e. The minimum Gasteiger partial charge on any atom is -0.504 e. The predicted molar refractivity (Wildman–Crippen MR) is 115 cm³/mol. The van der Waals surface area contributed by atoms with E-state index in [1.54, 1.807) is 30.3 Å². The van der Waals surface area contributed by atoms with Crippen LogP contribution in [0.5, 0.6) is 17.4 Å². The number of phenolic OH excluding ortho intramolecular Hbond substituents is 1. The molecular weight excluding hydrogens is 386 g/mol. The molecule has 30 heavy (non-hydrogen) atoms. The van der Waals surface area contributed by atoms with Gasteiger partial charge in [0.2, 0.25) is 5.88 Å². The lowest BCUT2D eigenvalue weighted by Crippen LogP contribution is -2.37. The van der Waals surface area contributed by atoms with Crippen molar-refractivity contribution in [2.75, 3.05) is 25.6 Å². The maximum absolute atomic E-state index is 12.4. The van der Waals surface area contributed by atoms with Crippen LogP contribution in [0.4, 0.5) is 10.5 Å². The number of phenols is 1. The number of hydrogen-bond acceptors (Lipinski definition) is 7. The molecule has 2 atom stereocenters. The Morgan fingerprint density at radius 2 is 2.17 bits per heavy atom. The largest absolute Gasteiger partial charge is 0.504 e. The number of carbonyl (C=O) groups excluding carboxylic acids is 1. The molecule has 3 rings (SSSR count). The monoisotopic (exact) mass is 415 g/mol. The van der Waals surface area contributed by atoms with Gasteiger partial charge in [-0.05, 0) is 50.4 Å². The number of ether oxygens (including phenoxy) is 2. The molecular formula is C21H29N5O4. The molecule has 1 saturated carbocycles. The molecule has 0 aliphatic heterocycles. The molecule has 1 fully saturated rings. The summed E-state index contributed by atoms with van der Waals surface area (Å²) in [6.45, 7) is 0.901. The highest BCUT2D eigenvalue weighted by Crippen LogP contribution is 2.37. The molecule has 1 aliphatic rings. The number of para-hydroxylation sites is 1. The van der Waals surface area contributed by atoms with Crippen LogP contribution >= 0.6 is 0 Å². The topological polar surface area (TPSA) is 145 Å². The molecule has 162 valence electrons. The Labute approximate surface area is 175 Å². The van der Waals surface area contributed by atoms with Gasteiger partial charge in [-0.1, -0.05) is 6.07 Å². The van der Waals surface area contributed by atoms with Gasteiger partial charge in [0.1, 0.15) is 0 Å². The summed E-state index contributed by atoms with van der Waals surface area (Å²) in [5.41, 5.74) is 12.8. The standard InChI is InChI=1S/C21H29N5O4/c1-29-19-12-15(25-21(28)24-14-7-6-13(23)10-14)11-17(26-19)16-4-2-5-18(20(16)27)30-9-3-8-22/h2,4-5,11-14,27H,3,6-10,22-23H2,1H3,(H2,24,25,26,28)/t13-,14+/m0/s1. The Morgan fingerprint density at radius 1 is 1.33 bits per heavy atom. The van der Waals surface area contributed by atoms with Crippen LogP contribution in [0.2, 0.25) is 0 Å². The van der Waals surface area contributed by atoms with E-state index in [0.717, 1.165) is 19.3 Å². The van der Waals surface area contributed by atoms with Gasteiger partial charge in [0.15, 0.2) is 11.5 Å². The molecule has 1 aliphatic carbocycles. The van der Waals surface area contributed by atoms with Crippen molar-refractivity contribution in [1.82, 2.24) is 10.3 Å². The van der Waals surface area contributed by atoms with Crippen molar-refractivity contribution in [1.29, 1.82) is 0 Å². The zero-order valence-electron chi connectivity index (χ0n) is 17.1. The van der Waals surface area contributed by atoms with Gasteiger partial charge in [-0.3, -0.25) is 0 Å². The predicted octanol–water partition coefficient (Wildman–Crippen LogP) is 2.19. The number of nitrogens with one attached hydrogen (secondary N) is 2. The van der Waals surface area contributed by atoms with Crippen LogP contribution in [0.1, 0.15) is 25.7 Å². The first kappa shape index (κ1) is 21.7. The van der Waals surface area contributed by atoms with Crippen LogP contribution in [0.15, 0.2) is 30.3 Å². The van der Waals surface area contributed by atoms with Crippen LogP contribution in [0, 0.1) is 0 Å². The van der Waals surface area contributed by atoms with Gasteiger partial charge in [0.05, 0.1) is 19.4 Å². The number of amides is 2. The highest BCUT2D eigenvalue weighted by molar-refractivity contribution is 5.90. The van der Waals surface area contributed by atoms with E-state index in [0.29, 0.717) is 48.1 Å². The number of carbonyl (C=O) groups is 1. The second-order valence-corrected chi connectivity index (χ2v) is 7.29. The first-order valence-electron chi connectivity index (χ1n) is 10.0. The van der Waals surface area contributed by atoms with Gasteiger partial charge in [-0.2, -0.15) is 0 Å². The summed E-state index contributed by atoms with van der Waals surface area (Å²) in [4.78, 5) is 16.8. The Bertz CT molecular complexity index is 876. The molecule has 1 aromatic carbocycles. The number of rotatable bonds is 8. The Kier molecular flexibility index (Phi) is 7.31. The van der Waals surface area contributed by atoms with E-state index in [2.05, 4.69) is 15.6 Å². The van der Waals surface area contributed by atoms with Gasteiger partial charge in [-0.15, -0.1) is 0 Å². The normalized spacial score (nSPS) is 18.1. The Balaban J connectivity index is 1.79. The zero-order valence-corrected chi connectivity index (χ0v) is 17.1. The first-order chi connectivity index (χ1) is 14.5. The minimum atomic E-state index is -0.323. The molecule has 1 aromatic heterocycles. The van der Waals surface area contributed by atoms with E-state index >= 15 is 0 Å². The smallest absolute Gasteiger partial charge is 0.319 e. The van der Waals surface area contributed by atoms with Crippen LogP contribution in [0.3, 0.4) is 0 Å². The molecule has 0 radical (unpaired) electrons. The van der Waals surface area contributed by atoms with Crippen LogP contribution in [0.25, 0.3) is 11.3 Å². The number of hydrogen-bond donors (Lipinski definition) is 5. The van der Waals surface area contributed by atoms with Crippen molar-refractivity contribution in [2.45, 2.75) is 37.8 Å². The number of aromatic nitrogens is 1. The zero-order chi connectivity index (χ0) is 21.5. The first-order valence-corrected chi connectivity index (χ1v) is 10.0. The fourth-order valence-electron chi connectivity index (χ4n) is 3.43. The van der Waals surface area contributed by atoms with Crippen molar-refractivity contribution in [3.63, 3.8) is 0 Å². The molecule has 0 saturated heterocycles. The average Bonchev–Trinajstić information content (AvgIpc) is 3.13. The fourth-order valence-corrected chi connectivity index (χ4v) is 3.43. The minimum absolute atomic E-state index is 0.0365. The molecule has 1 heterocycles. The average molecular weight is 415 g/mol. The third kappa shape index (κ3) is 5.52. The lowest BCUT2D eigenvalue weighted by atomic mass is 10.1. The molecule has 2 amide bonds. The number of urea groups is 1. The SMILES string of the molecule is COc1cc(NC(=O)N[C@@H]2CC[C@H](N)C2)cc(-c2cccc(OCCCN)c2O)n1. The third-order valence-corrected chi connectivity index (χ3v) is 4.96. The highest BCUT2D eigenvalue weighted by atomic mass is 16.5. The molecule has 2 aromatic rings. The van der Waals surface area contributed by atoms with E-state index < -0.39 is 0 Å². The van der Waals surface area contributed by atoms with Gasteiger partial charge in [-0.25, -0.2) is 9.78 Å². The number of anilines is 1. The van der Waals surface area contributed by atoms with Crippen LogP contribution < -0.4 is 31.6 Å². The molecule has 9 heteroatoms. The molecule has 0 unspecified atom stereocenters. The summed E-state index contributed by atoms with van der Waals surface area (Å²) in [6.07, 6.45) is 3.21. The van der Waals surface area contributed by atoms with Crippen LogP contribution in [-0.4, -0.2) is 48.5 Å². The van der Waals surface area contributed by atoms with E-state index in [1.165, 1.54) is 7.11 Å². The van der Waals surface area contributed by atoms with E-state index in [9.17, 15) is 9.90 Å². The van der Waals surface area contributed by atoms with Gasteiger partial charge in [0, 0.05) is 29.4 Å². The van der Waals surface area contributed by atoms with Crippen molar-refractivity contribution in [2.24, 2.45) is 11.5 Å². The molecule has 0 spiro atoms. The summed E-state index contributed by atoms with van der Waals surface area (Å²) in [7, 11) is 1.49. The second-order valence-electron chi connectivity index (χ2n) is 7.29. The van der Waals surface area contributed by atoms with Crippen molar-refractivity contribution in [3.8, 4) is 28.6 Å². The summed E-state index contributed by atoms with van der Waals surface area (Å²) in [6, 6.07) is 8.31. The van der Waals surface area contributed by atoms with E-state index in [-0.39, 0.29) is 23.9 Å². The highest BCUT2D eigenvalue weighted by Gasteiger charge is 2.23. The number of aromatic hydroxyl groups is 1. The van der Waals surface area contributed by atoms with Gasteiger partial charge < -0.3 is 36.7 Å². The van der Waals surface area contributed by atoms with Gasteiger partial charge in [0.25, 0.3) is 0 Å². The molecule has 0 bridgehead atoms. The summed E-state index contributed by atoms with van der Waals surface area (Å²) in [5, 5.41) is 16.4.